The van der Waals surface area contributed by atoms with Crippen molar-refractivity contribution in [1.82, 2.24) is 0 Å². The molecule has 0 atom stereocenters. The number of hydrogen-bond donors (Lipinski definition) is 1. The molecule has 1 nitrogen and oxygen atoms in total. The molecule has 0 aromatic rings. The highest BCUT2D eigenvalue weighted by molar-refractivity contribution is 5.12. The Kier molecular flexibility index (Phi) is 1.76. The largest absolute Gasteiger partial charge is 0.392 e. The third-order valence-electron chi connectivity index (χ3n) is 3.33. The second kappa shape index (κ2) is 2.63. The van der Waals surface area contributed by atoms with Gasteiger partial charge in [-0.3, -0.25) is 0 Å². The van der Waals surface area contributed by atoms with E-state index in [-0.39, 0.29) is 0 Å². The standard InChI is InChI=1S/C10H16O/c11-8-9-3-1-4-10(7-9)5-2-6-10/h3,11H,1-2,4-8H2. The minimum Gasteiger partial charge on any atom is -0.392 e. The van der Waals surface area contributed by atoms with Crippen molar-refractivity contribution < 1.29 is 5.11 Å². The molecule has 62 valence electrons. The molecule has 0 saturated heterocycles. The van der Waals surface area contributed by atoms with Gasteiger partial charge in [0.25, 0.3) is 0 Å². The molecule has 0 heterocycles. The summed E-state index contributed by atoms with van der Waals surface area (Å²) in [4.78, 5) is 0. The van der Waals surface area contributed by atoms with Crippen LogP contribution in [0, 0.1) is 5.41 Å². The fourth-order valence-corrected chi connectivity index (χ4v) is 2.45. The smallest absolute Gasteiger partial charge is 0.0641 e. The normalized spacial score (nSPS) is 27.9. The van der Waals surface area contributed by atoms with E-state index < -0.39 is 0 Å². The lowest BCUT2D eigenvalue weighted by Gasteiger charge is -2.44. The predicted octanol–water partition coefficient (Wildman–Crippen LogP) is 2.26. The van der Waals surface area contributed by atoms with Gasteiger partial charge in [-0.2, -0.15) is 0 Å². The maximum Gasteiger partial charge on any atom is 0.0641 e. The lowest BCUT2D eigenvalue weighted by atomic mass is 9.61. The van der Waals surface area contributed by atoms with Crippen LogP contribution in [0.1, 0.15) is 38.5 Å². The van der Waals surface area contributed by atoms with Crippen molar-refractivity contribution in [2.45, 2.75) is 38.5 Å². The van der Waals surface area contributed by atoms with Crippen LogP contribution in [0.15, 0.2) is 11.6 Å². The molecule has 0 bridgehead atoms. The molecule has 0 aromatic carbocycles. The predicted molar refractivity (Wildman–Crippen MR) is 45.3 cm³/mol. The van der Waals surface area contributed by atoms with Gasteiger partial charge >= 0.3 is 0 Å². The number of aliphatic hydroxyl groups excluding tert-OH is 1. The van der Waals surface area contributed by atoms with Crippen LogP contribution >= 0.6 is 0 Å². The molecule has 1 fully saturated rings. The number of aliphatic hydroxyl groups is 1. The van der Waals surface area contributed by atoms with Crippen molar-refractivity contribution in [3.05, 3.63) is 11.6 Å². The minimum absolute atomic E-state index is 0.293. The van der Waals surface area contributed by atoms with Crippen LogP contribution in [0.5, 0.6) is 0 Å². The van der Waals surface area contributed by atoms with Crippen molar-refractivity contribution in [1.29, 1.82) is 0 Å². The van der Waals surface area contributed by atoms with Gasteiger partial charge in [0.05, 0.1) is 6.61 Å². The van der Waals surface area contributed by atoms with E-state index in [1.165, 1.54) is 44.1 Å². The summed E-state index contributed by atoms with van der Waals surface area (Å²) < 4.78 is 0. The van der Waals surface area contributed by atoms with Gasteiger partial charge in [0, 0.05) is 0 Å². The summed E-state index contributed by atoms with van der Waals surface area (Å²) in [5, 5.41) is 8.97. The second-order valence-corrected chi connectivity index (χ2v) is 4.09. The number of allylic oxidation sites excluding steroid dienone is 1. The Hall–Kier alpha value is -0.300. The van der Waals surface area contributed by atoms with Crippen LogP contribution < -0.4 is 0 Å². The second-order valence-electron chi connectivity index (χ2n) is 4.09. The molecule has 1 saturated carbocycles. The number of hydrogen-bond acceptors (Lipinski definition) is 1. The summed E-state index contributed by atoms with van der Waals surface area (Å²) in [5.41, 5.74) is 1.93. The van der Waals surface area contributed by atoms with Gasteiger partial charge in [-0.05, 0) is 43.1 Å². The van der Waals surface area contributed by atoms with Crippen molar-refractivity contribution >= 4 is 0 Å². The highest BCUT2D eigenvalue weighted by Crippen LogP contribution is 2.51. The molecule has 2 rings (SSSR count). The van der Waals surface area contributed by atoms with E-state index in [2.05, 4.69) is 6.08 Å². The molecule has 1 N–H and O–H groups in total. The fraction of sp³-hybridized carbons (Fsp3) is 0.800. The Morgan fingerprint density at radius 3 is 2.73 bits per heavy atom. The van der Waals surface area contributed by atoms with Gasteiger partial charge in [-0.15, -0.1) is 0 Å². The lowest BCUT2D eigenvalue weighted by Crippen LogP contribution is -2.32. The van der Waals surface area contributed by atoms with Crippen LogP contribution in [0.25, 0.3) is 0 Å². The molecule has 0 amide bonds. The van der Waals surface area contributed by atoms with Crippen molar-refractivity contribution in [3.8, 4) is 0 Å². The zero-order valence-corrected chi connectivity index (χ0v) is 6.97. The van der Waals surface area contributed by atoms with Crippen LogP contribution in [0.4, 0.5) is 0 Å². The van der Waals surface area contributed by atoms with Crippen molar-refractivity contribution in [2.75, 3.05) is 6.61 Å². The Morgan fingerprint density at radius 1 is 1.36 bits per heavy atom. The molecule has 11 heavy (non-hydrogen) atoms. The maximum absolute atomic E-state index is 8.97. The Balaban J connectivity index is 2.02. The average molecular weight is 152 g/mol. The zero-order chi connectivity index (χ0) is 7.73. The van der Waals surface area contributed by atoms with E-state index in [1.54, 1.807) is 0 Å². The third kappa shape index (κ3) is 1.22. The monoisotopic (exact) mass is 152 g/mol. The number of rotatable bonds is 1. The van der Waals surface area contributed by atoms with Gasteiger partial charge in [-0.25, -0.2) is 0 Å². The van der Waals surface area contributed by atoms with E-state index in [1.807, 2.05) is 0 Å². The lowest BCUT2D eigenvalue weighted by molar-refractivity contribution is 0.108. The molecule has 0 aliphatic heterocycles. The molecular formula is C10H16O. The van der Waals surface area contributed by atoms with Gasteiger partial charge in [0.1, 0.15) is 0 Å². The van der Waals surface area contributed by atoms with E-state index in [9.17, 15) is 0 Å². The molecule has 1 spiro atoms. The van der Waals surface area contributed by atoms with Gasteiger partial charge < -0.3 is 5.11 Å². The van der Waals surface area contributed by atoms with Crippen molar-refractivity contribution in [2.24, 2.45) is 5.41 Å². The molecule has 1 heteroatoms. The summed E-state index contributed by atoms with van der Waals surface area (Å²) >= 11 is 0. The quantitative estimate of drug-likeness (QED) is 0.571. The molecule has 2 aliphatic rings. The first-order chi connectivity index (χ1) is 5.35. The summed E-state index contributed by atoms with van der Waals surface area (Å²) in [6.45, 7) is 0.293. The SMILES string of the molecule is OCC1=CCCC2(CCC2)C1. The van der Waals surface area contributed by atoms with Crippen LogP contribution in [-0.4, -0.2) is 11.7 Å². The average Bonchev–Trinajstić information content (AvgIpc) is 2.02. The van der Waals surface area contributed by atoms with E-state index in [0.29, 0.717) is 12.0 Å². The summed E-state index contributed by atoms with van der Waals surface area (Å²) in [7, 11) is 0. The van der Waals surface area contributed by atoms with Gasteiger partial charge in [0.2, 0.25) is 0 Å². The summed E-state index contributed by atoms with van der Waals surface area (Å²) in [5.74, 6) is 0. The minimum atomic E-state index is 0.293. The first-order valence-corrected chi connectivity index (χ1v) is 4.63. The van der Waals surface area contributed by atoms with Gasteiger partial charge in [-0.1, -0.05) is 12.5 Å². The van der Waals surface area contributed by atoms with Gasteiger partial charge in [0.15, 0.2) is 0 Å². The van der Waals surface area contributed by atoms with Crippen LogP contribution in [-0.2, 0) is 0 Å². The third-order valence-corrected chi connectivity index (χ3v) is 3.33. The Labute approximate surface area is 68.1 Å². The first-order valence-electron chi connectivity index (χ1n) is 4.63. The Bertz CT molecular complexity index is 177. The topological polar surface area (TPSA) is 20.2 Å². The van der Waals surface area contributed by atoms with E-state index >= 15 is 0 Å². The Morgan fingerprint density at radius 2 is 2.18 bits per heavy atom. The first kappa shape index (κ1) is 7.35. The molecular weight excluding hydrogens is 136 g/mol. The summed E-state index contributed by atoms with van der Waals surface area (Å²) in [6, 6.07) is 0. The summed E-state index contributed by atoms with van der Waals surface area (Å²) in [6.07, 6.45) is 10.2. The van der Waals surface area contributed by atoms with Crippen molar-refractivity contribution in [3.63, 3.8) is 0 Å². The van der Waals surface area contributed by atoms with E-state index in [4.69, 9.17) is 5.11 Å². The zero-order valence-electron chi connectivity index (χ0n) is 6.97. The highest BCUT2D eigenvalue weighted by atomic mass is 16.3. The molecule has 2 aliphatic carbocycles. The van der Waals surface area contributed by atoms with Crippen LogP contribution in [0.2, 0.25) is 0 Å². The van der Waals surface area contributed by atoms with Crippen LogP contribution in [0.3, 0.4) is 0 Å². The van der Waals surface area contributed by atoms with E-state index in [0.717, 1.165) is 0 Å². The maximum atomic E-state index is 8.97. The molecule has 0 aromatic heterocycles. The highest BCUT2D eigenvalue weighted by Gasteiger charge is 2.38. The molecule has 0 radical (unpaired) electrons. The fourth-order valence-electron chi connectivity index (χ4n) is 2.45. The molecule has 0 unspecified atom stereocenters.